The molecule has 1 aliphatic carbocycles. The van der Waals surface area contributed by atoms with E-state index in [4.69, 9.17) is 9.47 Å². The van der Waals surface area contributed by atoms with E-state index < -0.39 is 11.6 Å². The zero-order chi connectivity index (χ0) is 25.5. The van der Waals surface area contributed by atoms with E-state index in [2.05, 4.69) is 6.92 Å². The molecule has 36 heavy (non-hydrogen) atoms. The molecule has 0 radical (unpaired) electrons. The summed E-state index contributed by atoms with van der Waals surface area (Å²) in [4.78, 5) is 0. The number of aryl methyl sites for hydroxylation is 1. The Morgan fingerprint density at radius 3 is 2.28 bits per heavy atom. The molecule has 0 atom stereocenters. The van der Waals surface area contributed by atoms with Crippen LogP contribution in [0.5, 0.6) is 5.75 Å². The Kier molecular flexibility index (Phi) is 9.08. The summed E-state index contributed by atoms with van der Waals surface area (Å²) < 4.78 is 56.0. The number of rotatable bonds is 10. The minimum atomic E-state index is -0.789. The molecule has 0 bridgehead atoms. The minimum absolute atomic E-state index is 0.0228. The van der Waals surface area contributed by atoms with Crippen molar-refractivity contribution >= 4 is 0 Å². The fourth-order valence-electron chi connectivity index (χ4n) is 4.86. The fraction of sp³-hybridized carbons (Fsp3) is 0.419. The summed E-state index contributed by atoms with van der Waals surface area (Å²) in [6, 6.07) is 15.7. The Balaban J connectivity index is 1.30. The highest BCUT2D eigenvalue weighted by atomic mass is 19.2. The van der Waals surface area contributed by atoms with Crippen LogP contribution in [0, 0.1) is 24.4 Å². The first-order valence-electron chi connectivity index (χ1n) is 13.0. The van der Waals surface area contributed by atoms with Gasteiger partial charge in [0.15, 0.2) is 11.6 Å². The Labute approximate surface area is 212 Å². The lowest BCUT2D eigenvalue weighted by molar-refractivity contribution is 0.0118. The van der Waals surface area contributed by atoms with Gasteiger partial charge in [-0.25, -0.2) is 13.2 Å². The molecule has 0 spiro atoms. The summed E-state index contributed by atoms with van der Waals surface area (Å²) >= 11 is 0. The van der Waals surface area contributed by atoms with Gasteiger partial charge in [-0.1, -0.05) is 67.8 Å². The predicted octanol–water partition coefficient (Wildman–Crippen LogP) is 8.89. The smallest absolute Gasteiger partial charge is 0.166 e. The van der Waals surface area contributed by atoms with Gasteiger partial charge in [-0.3, -0.25) is 0 Å². The first-order chi connectivity index (χ1) is 17.5. The van der Waals surface area contributed by atoms with Gasteiger partial charge in [0.05, 0.1) is 19.3 Å². The van der Waals surface area contributed by atoms with E-state index in [-0.39, 0.29) is 30.0 Å². The fourth-order valence-corrected chi connectivity index (χ4v) is 4.86. The standard InChI is InChI=1S/C31H35F3O2/c1-3-4-5-18-35-26-15-12-24(29(32)19-26)20-36-25-13-10-23(11-14-25)28-17-16-27(30(33)31(28)34)22-8-6-21(2)7-9-22/h6-9,12,15-17,19,23,25H,3-5,10-11,13-14,18,20H2,1-2H3. The van der Waals surface area contributed by atoms with Gasteiger partial charge in [0, 0.05) is 17.2 Å². The van der Waals surface area contributed by atoms with E-state index in [1.54, 1.807) is 24.3 Å². The highest BCUT2D eigenvalue weighted by molar-refractivity contribution is 5.65. The van der Waals surface area contributed by atoms with Crippen LogP contribution in [0.25, 0.3) is 11.1 Å². The molecule has 3 aromatic carbocycles. The molecule has 0 N–H and O–H groups in total. The highest BCUT2D eigenvalue weighted by Gasteiger charge is 2.27. The molecule has 1 saturated carbocycles. The molecule has 0 amide bonds. The molecule has 5 heteroatoms. The Morgan fingerprint density at radius 2 is 1.58 bits per heavy atom. The molecular weight excluding hydrogens is 461 g/mol. The van der Waals surface area contributed by atoms with Gasteiger partial charge in [-0.05, 0) is 62.1 Å². The molecule has 2 nitrogen and oxygen atoms in total. The quantitative estimate of drug-likeness (QED) is 0.261. The molecule has 0 aromatic heterocycles. The molecule has 0 aliphatic heterocycles. The van der Waals surface area contributed by atoms with Crippen molar-refractivity contribution in [1.29, 1.82) is 0 Å². The summed E-state index contributed by atoms with van der Waals surface area (Å²) in [6.45, 7) is 4.86. The summed E-state index contributed by atoms with van der Waals surface area (Å²) in [7, 11) is 0. The van der Waals surface area contributed by atoms with Crippen LogP contribution in [0.1, 0.15) is 74.5 Å². The maximum Gasteiger partial charge on any atom is 0.166 e. The van der Waals surface area contributed by atoms with Gasteiger partial charge in [0.1, 0.15) is 11.6 Å². The summed E-state index contributed by atoms with van der Waals surface area (Å²) in [6.07, 6.45) is 6.01. The molecule has 0 saturated heterocycles. The monoisotopic (exact) mass is 496 g/mol. The summed E-state index contributed by atoms with van der Waals surface area (Å²) in [5.74, 6) is -1.38. The third-order valence-electron chi connectivity index (χ3n) is 7.10. The highest BCUT2D eigenvalue weighted by Crippen LogP contribution is 2.38. The van der Waals surface area contributed by atoms with Crippen molar-refractivity contribution in [3.8, 4) is 16.9 Å². The average Bonchev–Trinajstić information content (AvgIpc) is 2.89. The van der Waals surface area contributed by atoms with Crippen molar-refractivity contribution in [2.24, 2.45) is 0 Å². The van der Waals surface area contributed by atoms with Gasteiger partial charge < -0.3 is 9.47 Å². The van der Waals surface area contributed by atoms with Crippen LogP contribution < -0.4 is 4.74 Å². The minimum Gasteiger partial charge on any atom is -0.493 e. The first kappa shape index (κ1) is 26.3. The van der Waals surface area contributed by atoms with Crippen LogP contribution in [0.15, 0.2) is 54.6 Å². The van der Waals surface area contributed by atoms with E-state index >= 15 is 4.39 Å². The lowest BCUT2D eigenvalue weighted by atomic mass is 9.82. The van der Waals surface area contributed by atoms with E-state index in [1.807, 2.05) is 31.2 Å². The number of halogens is 3. The topological polar surface area (TPSA) is 18.5 Å². The zero-order valence-corrected chi connectivity index (χ0v) is 21.2. The van der Waals surface area contributed by atoms with Crippen LogP contribution in [0.4, 0.5) is 13.2 Å². The average molecular weight is 497 g/mol. The second-order valence-corrected chi connectivity index (χ2v) is 9.79. The molecule has 4 rings (SSSR count). The number of hydrogen-bond acceptors (Lipinski definition) is 2. The van der Waals surface area contributed by atoms with Crippen LogP contribution in [-0.4, -0.2) is 12.7 Å². The van der Waals surface area contributed by atoms with Crippen molar-refractivity contribution in [3.05, 3.63) is 88.7 Å². The van der Waals surface area contributed by atoms with Crippen molar-refractivity contribution in [3.63, 3.8) is 0 Å². The van der Waals surface area contributed by atoms with E-state index in [9.17, 15) is 8.78 Å². The van der Waals surface area contributed by atoms with Crippen molar-refractivity contribution < 1.29 is 22.6 Å². The maximum absolute atomic E-state index is 15.0. The molecule has 0 unspecified atom stereocenters. The SMILES string of the molecule is CCCCCOc1ccc(COC2CCC(c3ccc(-c4ccc(C)cc4)c(F)c3F)CC2)c(F)c1. The van der Waals surface area contributed by atoms with Gasteiger partial charge in [0.25, 0.3) is 0 Å². The van der Waals surface area contributed by atoms with Crippen molar-refractivity contribution in [1.82, 2.24) is 0 Å². The number of ether oxygens (including phenoxy) is 2. The van der Waals surface area contributed by atoms with Crippen molar-refractivity contribution in [2.45, 2.75) is 77.4 Å². The Morgan fingerprint density at radius 1 is 0.833 bits per heavy atom. The van der Waals surface area contributed by atoms with Gasteiger partial charge in [0.2, 0.25) is 0 Å². The predicted molar refractivity (Wildman–Crippen MR) is 138 cm³/mol. The summed E-state index contributed by atoms with van der Waals surface area (Å²) in [5, 5.41) is 0. The Hall–Kier alpha value is -2.79. The van der Waals surface area contributed by atoms with Gasteiger partial charge in [-0.2, -0.15) is 0 Å². The molecule has 1 fully saturated rings. The lowest BCUT2D eigenvalue weighted by Gasteiger charge is -2.29. The molecule has 0 heterocycles. The lowest BCUT2D eigenvalue weighted by Crippen LogP contribution is -2.21. The third-order valence-corrected chi connectivity index (χ3v) is 7.10. The van der Waals surface area contributed by atoms with Crippen LogP contribution in [0.2, 0.25) is 0 Å². The molecule has 1 aliphatic rings. The molecular formula is C31H35F3O2. The van der Waals surface area contributed by atoms with Gasteiger partial charge in [-0.15, -0.1) is 0 Å². The largest absolute Gasteiger partial charge is 0.493 e. The number of hydrogen-bond donors (Lipinski definition) is 0. The van der Waals surface area contributed by atoms with Crippen LogP contribution >= 0.6 is 0 Å². The Bertz CT molecular complexity index is 1140. The third kappa shape index (κ3) is 6.50. The maximum atomic E-state index is 15.0. The van der Waals surface area contributed by atoms with Gasteiger partial charge >= 0.3 is 0 Å². The number of unbranched alkanes of at least 4 members (excludes halogenated alkanes) is 2. The van der Waals surface area contributed by atoms with Crippen LogP contribution in [0.3, 0.4) is 0 Å². The second kappa shape index (κ2) is 12.4. The normalized spacial score (nSPS) is 17.8. The summed E-state index contributed by atoms with van der Waals surface area (Å²) in [5.41, 5.74) is 2.96. The zero-order valence-electron chi connectivity index (χ0n) is 21.2. The number of benzene rings is 3. The second-order valence-electron chi connectivity index (χ2n) is 9.79. The van der Waals surface area contributed by atoms with Crippen LogP contribution in [-0.2, 0) is 11.3 Å². The van der Waals surface area contributed by atoms with E-state index in [1.165, 1.54) is 6.07 Å². The van der Waals surface area contributed by atoms with E-state index in [0.29, 0.717) is 41.9 Å². The van der Waals surface area contributed by atoms with Crippen molar-refractivity contribution in [2.75, 3.05) is 6.61 Å². The molecule has 3 aromatic rings. The van der Waals surface area contributed by atoms with E-state index in [0.717, 1.165) is 37.7 Å². The molecule has 192 valence electrons. The first-order valence-corrected chi connectivity index (χ1v) is 13.0.